The molecule has 2 aliphatic carbocycles. The summed E-state index contributed by atoms with van der Waals surface area (Å²) in [6.45, 7) is 4.65. The van der Waals surface area contributed by atoms with E-state index < -0.39 is 5.60 Å². The fraction of sp³-hybridized carbons (Fsp3) is 0.667. The molecule has 0 atom stereocenters. The van der Waals surface area contributed by atoms with E-state index in [1.165, 1.54) is 30.4 Å². The summed E-state index contributed by atoms with van der Waals surface area (Å²) >= 11 is 0. The third-order valence-corrected chi connectivity index (χ3v) is 5.44. The molecule has 0 unspecified atom stereocenters. The van der Waals surface area contributed by atoms with Crippen LogP contribution >= 0.6 is 0 Å². The first-order valence-corrected chi connectivity index (χ1v) is 7.82. The zero-order chi connectivity index (χ0) is 13.5. The molecule has 3 rings (SSSR count). The Kier molecular flexibility index (Phi) is 3.21. The van der Waals surface area contributed by atoms with Gasteiger partial charge in [0.05, 0.1) is 5.60 Å². The molecule has 1 heteroatoms. The zero-order valence-corrected chi connectivity index (χ0v) is 12.3. The van der Waals surface area contributed by atoms with Gasteiger partial charge < -0.3 is 5.11 Å². The topological polar surface area (TPSA) is 20.2 Å². The summed E-state index contributed by atoms with van der Waals surface area (Å²) in [5.41, 5.74) is 2.49. The van der Waals surface area contributed by atoms with Crippen LogP contribution in [0.15, 0.2) is 24.3 Å². The van der Waals surface area contributed by atoms with E-state index in [4.69, 9.17) is 0 Å². The van der Waals surface area contributed by atoms with Crippen LogP contribution in [0, 0.1) is 5.41 Å². The van der Waals surface area contributed by atoms with Gasteiger partial charge in [0.25, 0.3) is 0 Å². The Morgan fingerprint density at radius 3 is 2.21 bits per heavy atom. The Hall–Kier alpha value is -0.820. The van der Waals surface area contributed by atoms with Crippen molar-refractivity contribution in [3.63, 3.8) is 0 Å². The minimum Gasteiger partial charge on any atom is -0.385 e. The minimum atomic E-state index is -0.568. The van der Waals surface area contributed by atoms with Crippen LogP contribution < -0.4 is 0 Å². The van der Waals surface area contributed by atoms with Crippen LogP contribution in [-0.2, 0) is 5.60 Å². The summed E-state index contributed by atoms with van der Waals surface area (Å²) in [5.74, 6) is 0.704. The summed E-state index contributed by atoms with van der Waals surface area (Å²) in [6.07, 6.45) is 8.06. The van der Waals surface area contributed by atoms with Gasteiger partial charge in [-0.3, -0.25) is 0 Å². The number of hydrogen-bond donors (Lipinski definition) is 1. The van der Waals surface area contributed by atoms with Gasteiger partial charge in [-0.1, -0.05) is 44.5 Å². The first-order chi connectivity index (χ1) is 9.00. The van der Waals surface area contributed by atoms with Crippen LogP contribution in [0.4, 0.5) is 0 Å². The third kappa shape index (κ3) is 2.45. The van der Waals surface area contributed by atoms with Crippen molar-refractivity contribution in [3.8, 4) is 0 Å². The predicted molar refractivity (Wildman–Crippen MR) is 79.2 cm³/mol. The lowest BCUT2D eigenvalue weighted by Crippen LogP contribution is -2.36. The van der Waals surface area contributed by atoms with Crippen molar-refractivity contribution in [2.24, 2.45) is 5.41 Å². The average Bonchev–Trinajstić information content (AvgIpc) is 2.32. The molecule has 1 aromatic carbocycles. The van der Waals surface area contributed by atoms with Crippen molar-refractivity contribution < 1.29 is 5.11 Å². The Bertz CT molecular complexity index is 447. The molecule has 0 radical (unpaired) electrons. The summed E-state index contributed by atoms with van der Waals surface area (Å²) in [7, 11) is 0. The number of aliphatic hydroxyl groups is 1. The number of benzene rings is 1. The van der Waals surface area contributed by atoms with Crippen LogP contribution in [0.25, 0.3) is 0 Å². The Morgan fingerprint density at radius 2 is 1.63 bits per heavy atom. The van der Waals surface area contributed by atoms with Crippen molar-refractivity contribution >= 4 is 0 Å². The maximum Gasteiger partial charge on any atom is 0.0899 e. The second kappa shape index (κ2) is 4.63. The van der Waals surface area contributed by atoms with Crippen molar-refractivity contribution in [2.45, 2.75) is 70.3 Å². The van der Waals surface area contributed by atoms with Gasteiger partial charge in [-0.25, -0.2) is 0 Å². The molecule has 1 aromatic rings. The van der Waals surface area contributed by atoms with Gasteiger partial charge in [0.2, 0.25) is 0 Å². The number of rotatable bonds is 2. The molecule has 104 valence electrons. The smallest absolute Gasteiger partial charge is 0.0899 e. The van der Waals surface area contributed by atoms with Gasteiger partial charge >= 0.3 is 0 Å². The minimum absolute atomic E-state index is 0.400. The lowest BCUT2D eigenvalue weighted by Gasteiger charge is -2.42. The SMILES string of the molecule is CC1(C)CCC(O)(c2ccccc2C2CCC2)CC1. The zero-order valence-electron chi connectivity index (χ0n) is 12.3. The highest BCUT2D eigenvalue weighted by atomic mass is 16.3. The summed E-state index contributed by atoms with van der Waals surface area (Å²) in [6, 6.07) is 8.64. The quantitative estimate of drug-likeness (QED) is 0.812. The fourth-order valence-electron chi connectivity index (χ4n) is 3.61. The maximum atomic E-state index is 11.1. The molecule has 2 aliphatic rings. The van der Waals surface area contributed by atoms with Gasteiger partial charge in [0.15, 0.2) is 0 Å². The van der Waals surface area contributed by atoms with Crippen LogP contribution in [0.3, 0.4) is 0 Å². The van der Waals surface area contributed by atoms with Gasteiger partial charge in [-0.05, 0) is 61.0 Å². The van der Waals surface area contributed by atoms with Crippen molar-refractivity contribution in [2.75, 3.05) is 0 Å². The standard InChI is InChI=1S/C18H26O/c1-17(2)10-12-18(19,13-11-17)16-9-4-3-8-15(16)14-6-5-7-14/h3-4,8-9,14,19H,5-7,10-13H2,1-2H3. The second-order valence-corrected chi connectivity index (χ2v) is 7.41. The average molecular weight is 258 g/mol. The van der Waals surface area contributed by atoms with Crippen LogP contribution in [0.2, 0.25) is 0 Å². The molecule has 0 amide bonds. The summed E-state index contributed by atoms with van der Waals surface area (Å²) in [4.78, 5) is 0. The molecule has 19 heavy (non-hydrogen) atoms. The van der Waals surface area contributed by atoms with Crippen molar-refractivity contribution in [1.29, 1.82) is 0 Å². The molecular weight excluding hydrogens is 232 g/mol. The number of hydrogen-bond acceptors (Lipinski definition) is 1. The van der Waals surface area contributed by atoms with Crippen molar-refractivity contribution in [1.82, 2.24) is 0 Å². The molecule has 0 aromatic heterocycles. The van der Waals surface area contributed by atoms with E-state index in [0.29, 0.717) is 11.3 Å². The molecule has 0 spiro atoms. The second-order valence-electron chi connectivity index (χ2n) is 7.41. The summed E-state index contributed by atoms with van der Waals surface area (Å²) < 4.78 is 0. The van der Waals surface area contributed by atoms with Gasteiger partial charge in [0, 0.05) is 0 Å². The van der Waals surface area contributed by atoms with Gasteiger partial charge in [-0.2, -0.15) is 0 Å². The highest BCUT2D eigenvalue weighted by Crippen LogP contribution is 2.48. The largest absolute Gasteiger partial charge is 0.385 e. The monoisotopic (exact) mass is 258 g/mol. The van der Waals surface area contributed by atoms with Crippen LogP contribution in [-0.4, -0.2) is 5.11 Å². The summed E-state index contributed by atoms with van der Waals surface area (Å²) in [5, 5.41) is 11.1. The predicted octanol–water partition coefficient (Wildman–Crippen LogP) is 4.74. The van der Waals surface area contributed by atoms with Gasteiger partial charge in [-0.15, -0.1) is 0 Å². The molecule has 1 N–H and O–H groups in total. The Labute approximate surface area is 117 Å². The maximum absolute atomic E-state index is 11.1. The van der Waals surface area contributed by atoms with E-state index in [0.717, 1.165) is 25.7 Å². The highest BCUT2D eigenvalue weighted by Gasteiger charge is 2.40. The highest BCUT2D eigenvalue weighted by molar-refractivity contribution is 5.36. The van der Waals surface area contributed by atoms with E-state index in [9.17, 15) is 5.11 Å². The molecule has 2 fully saturated rings. The van der Waals surface area contributed by atoms with E-state index in [1.807, 2.05) is 0 Å². The van der Waals surface area contributed by atoms with E-state index in [-0.39, 0.29) is 0 Å². The molecule has 2 saturated carbocycles. The lowest BCUT2D eigenvalue weighted by atomic mass is 9.66. The van der Waals surface area contributed by atoms with Crippen molar-refractivity contribution in [3.05, 3.63) is 35.4 Å². The lowest BCUT2D eigenvalue weighted by molar-refractivity contribution is -0.0317. The molecule has 0 saturated heterocycles. The Morgan fingerprint density at radius 1 is 1.00 bits per heavy atom. The van der Waals surface area contributed by atoms with Gasteiger partial charge in [0.1, 0.15) is 0 Å². The fourth-order valence-corrected chi connectivity index (χ4v) is 3.61. The van der Waals surface area contributed by atoms with E-state index in [1.54, 1.807) is 0 Å². The molecular formula is C18H26O. The third-order valence-electron chi connectivity index (χ3n) is 5.44. The first-order valence-electron chi connectivity index (χ1n) is 7.82. The molecule has 0 aliphatic heterocycles. The molecule has 0 bridgehead atoms. The van der Waals surface area contributed by atoms with Crippen LogP contribution in [0.1, 0.15) is 75.8 Å². The van der Waals surface area contributed by atoms with Crippen LogP contribution in [0.5, 0.6) is 0 Å². The normalized spacial score (nSPS) is 25.8. The molecule has 1 nitrogen and oxygen atoms in total. The first kappa shape index (κ1) is 13.2. The Balaban J connectivity index is 1.89. The van der Waals surface area contributed by atoms with E-state index >= 15 is 0 Å². The molecule has 0 heterocycles. The van der Waals surface area contributed by atoms with E-state index in [2.05, 4.69) is 38.1 Å².